The van der Waals surface area contributed by atoms with Crippen LogP contribution in [0.25, 0.3) is 0 Å². The lowest BCUT2D eigenvalue weighted by Gasteiger charge is -2.11. The molecule has 1 fully saturated rings. The Kier molecular flexibility index (Phi) is 7.14. The summed E-state index contributed by atoms with van der Waals surface area (Å²) in [5, 5.41) is 13.5. The van der Waals surface area contributed by atoms with Gasteiger partial charge in [0.15, 0.2) is 0 Å². The topological polar surface area (TPSA) is 61.4 Å². The fourth-order valence-electron chi connectivity index (χ4n) is 0.604. The van der Waals surface area contributed by atoms with Crippen LogP contribution in [0.2, 0.25) is 0 Å². The number of aliphatic carboxylic acids is 1. The van der Waals surface area contributed by atoms with Crippen molar-refractivity contribution >= 4 is 17.6 Å². The third-order valence-corrected chi connectivity index (χ3v) is 1.48. The Morgan fingerprint density at radius 3 is 1.67 bits per heavy atom. The molecule has 1 unspecified atom stereocenters. The molecular formula is C7H15ClN2O2. The molecule has 12 heavy (non-hydrogen) atoms. The summed E-state index contributed by atoms with van der Waals surface area (Å²) in [5.74, 6) is -0.975. The predicted octanol–water partition coefficient (Wildman–Crippen LogP) is -0.123. The van der Waals surface area contributed by atoms with E-state index in [2.05, 4.69) is 10.6 Å². The molecule has 1 atom stereocenters. The summed E-state index contributed by atoms with van der Waals surface area (Å²) >= 11 is 5.01. The standard InChI is InChI=1S/C4H10N2.C3H5ClO2/c1-2-6-4-3-5-1;1-2(4)3(5)6/h5-6H,1-4H2;2H,1H3,(H,5,6). The van der Waals surface area contributed by atoms with Crippen LogP contribution < -0.4 is 10.6 Å². The van der Waals surface area contributed by atoms with E-state index in [4.69, 9.17) is 16.7 Å². The molecule has 0 aromatic heterocycles. The van der Waals surface area contributed by atoms with Gasteiger partial charge < -0.3 is 15.7 Å². The number of carboxylic acid groups (broad SMARTS) is 1. The highest BCUT2D eigenvalue weighted by Crippen LogP contribution is 1.89. The van der Waals surface area contributed by atoms with Gasteiger partial charge in [-0.1, -0.05) is 0 Å². The average Bonchev–Trinajstić information content (AvgIpc) is 2.08. The third-order valence-electron chi connectivity index (χ3n) is 1.30. The first-order valence-corrected chi connectivity index (χ1v) is 4.36. The van der Waals surface area contributed by atoms with Crippen LogP contribution in [0.3, 0.4) is 0 Å². The second kappa shape index (κ2) is 7.34. The van der Waals surface area contributed by atoms with Crippen LogP contribution in [0.15, 0.2) is 0 Å². The molecule has 72 valence electrons. The van der Waals surface area contributed by atoms with Crippen LogP contribution in [0.1, 0.15) is 6.92 Å². The number of nitrogens with one attached hydrogen (secondary N) is 2. The van der Waals surface area contributed by atoms with Crippen molar-refractivity contribution in [2.75, 3.05) is 26.2 Å². The molecule has 4 nitrogen and oxygen atoms in total. The smallest absolute Gasteiger partial charge is 0.321 e. The number of carboxylic acids is 1. The maximum Gasteiger partial charge on any atom is 0.321 e. The van der Waals surface area contributed by atoms with Crippen LogP contribution in [0.5, 0.6) is 0 Å². The van der Waals surface area contributed by atoms with Gasteiger partial charge in [0.1, 0.15) is 5.38 Å². The van der Waals surface area contributed by atoms with Crippen molar-refractivity contribution in [3.8, 4) is 0 Å². The SMILES string of the molecule is C1CNCCN1.CC(Cl)C(=O)O. The van der Waals surface area contributed by atoms with Crippen molar-refractivity contribution < 1.29 is 9.90 Å². The van der Waals surface area contributed by atoms with Gasteiger partial charge in [0, 0.05) is 26.2 Å². The van der Waals surface area contributed by atoms with Crippen molar-refractivity contribution in [1.82, 2.24) is 10.6 Å². The molecule has 3 N–H and O–H groups in total. The fraction of sp³-hybridized carbons (Fsp3) is 0.857. The molecular weight excluding hydrogens is 180 g/mol. The van der Waals surface area contributed by atoms with E-state index in [0.29, 0.717) is 0 Å². The maximum absolute atomic E-state index is 9.57. The molecule has 1 aliphatic heterocycles. The molecule has 1 saturated heterocycles. The lowest BCUT2D eigenvalue weighted by molar-refractivity contribution is -0.136. The minimum atomic E-state index is -0.975. The molecule has 5 heteroatoms. The molecule has 0 amide bonds. The second-order valence-electron chi connectivity index (χ2n) is 2.45. The lowest BCUT2D eigenvalue weighted by atomic mass is 10.4. The number of hydrogen-bond acceptors (Lipinski definition) is 3. The van der Waals surface area contributed by atoms with Gasteiger partial charge in [0.25, 0.3) is 0 Å². The Morgan fingerprint density at radius 2 is 1.58 bits per heavy atom. The minimum absolute atomic E-state index is 0.759. The average molecular weight is 195 g/mol. The molecule has 0 spiro atoms. The summed E-state index contributed by atoms with van der Waals surface area (Å²) in [6.07, 6.45) is 0. The van der Waals surface area contributed by atoms with Crippen LogP contribution in [0, 0.1) is 0 Å². The van der Waals surface area contributed by atoms with E-state index in [0.717, 1.165) is 26.2 Å². The zero-order valence-electron chi connectivity index (χ0n) is 7.14. The number of rotatable bonds is 1. The van der Waals surface area contributed by atoms with Gasteiger partial charge >= 0.3 is 5.97 Å². The Morgan fingerprint density at radius 1 is 1.33 bits per heavy atom. The van der Waals surface area contributed by atoms with Gasteiger partial charge in [-0.05, 0) is 6.92 Å². The highest BCUT2D eigenvalue weighted by Gasteiger charge is 2.02. The molecule has 0 bridgehead atoms. The summed E-state index contributed by atoms with van der Waals surface area (Å²) in [6, 6.07) is 0. The van der Waals surface area contributed by atoms with Gasteiger partial charge in [-0.25, -0.2) is 0 Å². The number of hydrogen-bond donors (Lipinski definition) is 3. The van der Waals surface area contributed by atoms with E-state index in [1.165, 1.54) is 6.92 Å². The van der Waals surface area contributed by atoms with Crippen molar-refractivity contribution in [2.24, 2.45) is 0 Å². The number of piperazine rings is 1. The Balaban J connectivity index is 0.000000202. The first-order valence-electron chi connectivity index (χ1n) is 3.93. The van der Waals surface area contributed by atoms with Gasteiger partial charge in [0.2, 0.25) is 0 Å². The number of carbonyl (C=O) groups is 1. The molecule has 0 aromatic rings. The van der Waals surface area contributed by atoms with Gasteiger partial charge in [-0.2, -0.15) is 0 Å². The van der Waals surface area contributed by atoms with E-state index in [1.807, 2.05) is 0 Å². The molecule has 1 aliphatic rings. The first kappa shape index (κ1) is 11.7. The first-order chi connectivity index (χ1) is 5.64. The quantitative estimate of drug-likeness (QED) is 0.510. The zero-order valence-corrected chi connectivity index (χ0v) is 7.90. The summed E-state index contributed by atoms with van der Waals surface area (Å²) in [6.45, 7) is 5.96. The van der Waals surface area contributed by atoms with Crippen molar-refractivity contribution in [2.45, 2.75) is 12.3 Å². The van der Waals surface area contributed by atoms with Gasteiger partial charge in [-0.3, -0.25) is 4.79 Å². The normalized spacial score (nSPS) is 18.8. The van der Waals surface area contributed by atoms with E-state index in [9.17, 15) is 4.79 Å². The molecule has 0 aliphatic carbocycles. The van der Waals surface area contributed by atoms with Gasteiger partial charge in [0.05, 0.1) is 0 Å². The van der Waals surface area contributed by atoms with Crippen LogP contribution in [0.4, 0.5) is 0 Å². The summed E-state index contributed by atoms with van der Waals surface area (Å²) in [5.41, 5.74) is 0. The van der Waals surface area contributed by atoms with Crippen LogP contribution >= 0.6 is 11.6 Å². The third kappa shape index (κ3) is 7.78. The summed E-state index contributed by atoms with van der Waals surface area (Å²) < 4.78 is 0. The predicted molar refractivity (Wildman–Crippen MR) is 48.7 cm³/mol. The van der Waals surface area contributed by atoms with Gasteiger partial charge in [-0.15, -0.1) is 11.6 Å². The van der Waals surface area contributed by atoms with Crippen molar-refractivity contribution in [1.29, 1.82) is 0 Å². The van der Waals surface area contributed by atoms with E-state index in [-0.39, 0.29) is 0 Å². The van der Waals surface area contributed by atoms with Crippen LogP contribution in [-0.2, 0) is 4.79 Å². The zero-order chi connectivity index (χ0) is 9.40. The molecule has 1 heterocycles. The largest absolute Gasteiger partial charge is 0.480 e. The van der Waals surface area contributed by atoms with E-state index in [1.54, 1.807) is 0 Å². The Hall–Kier alpha value is -0.320. The van der Waals surface area contributed by atoms with E-state index < -0.39 is 11.3 Å². The van der Waals surface area contributed by atoms with Crippen molar-refractivity contribution in [3.63, 3.8) is 0 Å². The minimum Gasteiger partial charge on any atom is -0.480 e. The molecule has 0 saturated carbocycles. The molecule has 0 aromatic carbocycles. The molecule has 1 rings (SSSR count). The maximum atomic E-state index is 9.57. The lowest BCUT2D eigenvalue weighted by Crippen LogP contribution is -2.39. The molecule has 0 radical (unpaired) electrons. The summed E-state index contributed by atoms with van der Waals surface area (Å²) in [7, 11) is 0. The Labute approximate surface area is 77.3 Å². The Bertz CT molecular complexity index is 115. The van der Waals surface area contributed by atoms with Crippen molar-refractivity contribution in [3.05, 3.63) is 0 Å². The second-order valence-corrected chi connectivity index (χ2v) is 3.11. The monoisotopic (exact) mass is 194 g/mol. The highest BCUT2D eigenvalue weighted by atomic mass is 35.5. The number of alkyl halides is 1. The van der Waals surface area contributed by atoms with E-state index >= 15 is 0 Å². The number of halogens is 1. The highest BCUT2D eigenvalue weighted by molar-refractivity contribution is 6.29. The fourth-order valence-corrected chi connectivity index (χ4v) is 0.604. The summed E-state index contributed by atoms with van der Waals surface area (Å²) in [4.78, 5) is 9.57. The van der Waals surface area contributed by atoms with Crippen LogP contribution in [-0.4, -0.2) is 42.6 Å².